The molecule has 0 bridgehead atoms. The van der Waals surface area contributed by atoms with Gasteiger partial charge in [0.25, 0.3) is 11.3 Å². The molecule has 1 nitrogen and oxygen atoms in total. The van der Waals surface area contributed by atoms with Gasteiger partial charge in [0, 0.05) is 0 Å². The van der Waals surface area contributed by atoms with Crippen LogP contribution in [0.4, 0.5) is 30.7 Å². The van der Waals surface area contributed by atoms with Crippen LogP contribution in [0.15, 0.2) is 0 Å². The van der Waals surface area contributed by atoms with Gasteiger partial charge in [-0.1, -0.05) is 0 Å². The molecule has 8 heteroatoms. The van der Waals surface area contributed by atoms with E-state index in [2.05, 4.69) is 0 Å². The van der Waals surface area contributed by atoms with Crippen LogP contribution in [0.25, 0.3) is 10.9 Å². The molecule has 0 saturated heterocycles. The number of hydrogen-bond acceptors (Lipinski definition) is 0. The van der Waals surface area contributed by atoms with Crippen molar-refractivity contribution in [3.8, 4) is 0 Å². The second-order valence-corrected chi connectivity index (χ2v) is 3.07. The number of aromatic nitrogens is 1. The minimum atomic E-state index is -2.31. The Kier molecular flexibility index (Phi) is 2.44. The van der Waals surface area contributed by atoms with Gasteiger partial charge in [0.15, 0.2) is 17.5 Å². The summed E-state index contributed by atoms with van der Waals surface area (Å²) in [5.41, 5.74) is -1.34. The summed E-state index contributed by atoms with van der Waals surface area (Å²) in [7, 11) is 0. The second kappa shape index (κ2) is 3.57. The third-order valence-electron chi connectivity index (χ3n) is 2.11. The van der Waals surface area contributed by atoms with E-state index in [0.717, 1.165) is 0 Å². The number of nitrogens with one attached hydrogen (secondary N) is 1. The maximum Gasteiger partial charge on any atom is 0.397 e. The van der Waals surface area contributed by atoms with Crippen LogP contribution in [0.5, 0.6) is 0 Å². The van der Waals surface area contributed by atoms with Crippen molar-refractivity contribution in [2.24, 2.45) is 0 Å². The fourth-order valence-corrected chi connectivity index (χ4v) is 1.33. The third kappa shape index (κ3) is 1.43. The summed E-state index contributed by atoms with van der Waals surface area (Å²) in [6, 6.07) is 0. The quantitative estimate of drug-likeness (QED) is 0.298. The van der Waals surface area contributed by atoms with Gasteiger partial charge in [0.05, 0.1) is 0 Å². The molecule has 2 rings (SSSR count). The molecule has 0 spiro atoms. The monoisotopic (exact) mass is 256 g/mol. The molecular formula is C9HF7N+. The molecule has 0 saturated carbocycles. The van der Waals surface area contributed by atoms with Gasteiger partial charge in [-0.15, -0.1) is 4.39 Å². The van der Waals surface area contributed by atoms with E-state index >= 15 is 0 Å². The highest BCUT2D eigenvalue weighted by Gasteiger charge is 2.31. The van der Waals surface area contributed by atoms with Crippen molar-refractivity contribution < 1.29 is 35.7 Å². The van der Waals surface area contributed by atoms with Crippen LogP contribution in [0.3, 0.4) is 0 Å². The van der Waals surface area contributed by atoms with Crippen LogP contribution >= 0.6 is 0 Å². The molecule has 0 aliphatic rings. The largest absolute Gasteiger partial charge is 0.397 e. The van der Waals surface area contributed by atoms with Crippen molar-refractivity contribution in [2.45, 2.75) is 0 Å². The van der Waals surface area contributed by atoms with Crippen LogP contribution in [0.1, 0.15) is 0 Å². The van der Waals surface area contributed by atoms with Gasteiger partial charge in [0.1, 0.15) is 5.39 Å². The third-order valence-corrected chi connectivity index (χ3v) is 2.11. The first-order chi connectivity index (χ1) is 7.86. The molecule has 0 atom stereocenters. The van der Waals surface area contributed by atoms with Gasteiger partial charge in [0.2, 0.25) is 11.6 Å². The van der Waals surface area contributed by atoms with Crippen molar-refractivity contribution >= 4 is 10.9 Å². The Balaban J connectivity index is 3.12. The van der Waals surface area contributed by atoms with Gasteiger partial charge in [-0.2, -0.15) is 13.8 Å². The maximum atomic E-state index is 13.1. The minimum Gasteiger partial charge on any atom is -0.203 e. The lowest BCUT2D eigenvalue weighted by Crippen LogP contribution is -2.19. The number of hydrogen-bond donors (Lipinski definition) is 0. The number of halogens is 7. The van der Waals surface area contributed by atoms with Crippen molar-refractivity contribution in [1.29, 1.82) is 0 Å². The molecule has 1 aromatic heterocycles. The molecule has 0 unspecified atom stereocenters. The minimum absolute atomic E-state index is 1.27. The summed E-state index contributed by atoms with van der Waals surface area (Å²) in [4.78, 5) is 1.27. The summed E-state index contributed by atoms with van der Waals surface area (Å²) in [6.07, 6.45) is 0. The number of aromatic amines is 1. The lowest BCUT2D eigenvalue weighted by Gasteiger charge is -2.01. The second-order valence-electron chi connectivity index (χ2n) is 3.07. The zero-order chi connectivity index (χ0) is 12.9. The zero-order valence-corrected chi connectivity index (χ0v) is 7.65. The van der Waals surface area contributed by atoms with E-state index in [1.807, 2.05) is 0 Å². The number of pyridine rings is 1. The number of benzene rings is 1. The summed E-state index contributed by atoms with van der Waals surface area (Å²) in [5, 5.41) is -1.53. The Hall–Kier alpha value is -1.86. The molecule has 1 aromatic carbocycles. The lowest BCUT2D eigenvalue weighted by molar-refractivity contribution is -0.397. The molecule has 2 aromatic rings. The predicted octanol–water partition coefficient (Wildman–Crippen LogP) is 2.63. The fourth-order valence-electron chi connectivity index (χ4n) is 1.33. The fraction of sp³-hybridized carbons (Fsp3) is 0. The summed E-state index contributed by atoms with van der Waals surface area (Å²) in [6.45, 7) is 0. The highest BCUT2D eigenvalue weighted by Crippen LogP contribution is 2.27. The molecule has 17 heavy (non-hydrogen) atoms. The Labute approximate surface area is 88.5 Å². The Morgan fingerprint density at radius 2 is 1.00 bits per heavy atom. The van der Waals surface area contributed by atoms with Crippen LogP contribution < -0.4 is 4.98 Å². The topological polar surface area (TPSA) is 14.1 Å². The van der Waals surface area contributed by atoms with Gasteiger partial charge in [-0.3, -0.25) is 0 Å². The van der Waals surface area contributed by atoms with E-state index in [9.17, 15) is 30.7 Å². The van der Waals surface area contributed by atoms with Crippen molar-refractivity contribution in [2.75, 3.05) is 0 Å². The van der Waals surface area contributed by atoms with Crippen LogP contribution in [0, 0.1) is 40.9 Å². The first-order valence-electron chi connectivity index (χ1n) is 4.07. The molecule has 0 aliphatic heterocycles. The molecular weight excluding hydrogens is 255 g/mol. The summed E-state index contributed by atoms with van der Waals surface area (Å²) in [5.74, 6) is -15.0. The average molecular weight is 256 g/mol. The number of rotatable bonds is 0. The number of fused-ring (bicyclic) bond motifs is 1. The van der Waals surface area contributed by atoms with Crippen molar-refractivity contribution in [1.82, 2.24) is 0 Å². The van der Waals surface area contributed by atoms with Gasteiger partial charge < -0.3 is 0 Å². The normalized spacial score (nSPS) is 11.2. The Morgan fingerprint density at radius 3 is 1.59 bits per heavy atom. The van der Waals surface area contributed by atoms with E-state index in [-0.39, 0.29) is 0 Å². The zero-order valence-electron chi connectivity index (χ0n) is 7.65. The molecule has 0 aliphatic carbocycles. The predicted molar refractivity (Wildman–Crippen MR) is 40.2 cm³/mol. The highest BCUT2D eigenvalue weighted by atomic mass is 19.2. The summed E-state index contributed by atoms with van der Waals surface area (Å²) >= 11 is 0. The molecule has 0 fully saturated rings. The smallest absolute Gasteiger partial charge is 0.203 e. The maximum absolute atomic E-state index is 13.1. The van der Waals surface area contributed by atoms with Crippen molar-refractivity contribution in [3.63, 3.8) is 0 Å². The van der Waals surface area contributed by atoms with E-state index in [0.29, 0.717) is 0 Å². The van der Waals surface area contributed by atoms with Gasteiger partial charge in [-0.25, -0.2) is 17.6 Å². The standard InChI is InChI=1S/C9F7N/c10-2-1-3(11)7(15)9(16)17-8(1)6(14)5(13)4(2)12/p+1. The first-order valence-corrected chi connectivity index (χ1v) is 4.07. The summed E-state index contributed by atoms with van der Waals surface area (Å²) < 4.78 is 90.1. The van der Waals surface area contributed by atoms with E-state index < -0.39 is 51.8 Å². The molecule has 1 N–H and O–H groups in total. The molecule has 1 heterocycles. The Morgan fingerprint density at radius 1 is 0.529 bits per heavy atom. The van der Waals surface area contributed by atoms with Crippen LogP contribution in [0.2, 0.25) is 0 Å². The van der Waals surface area contributed by atoms with Gasteiger partial charge in [-0.05, 0) is 0 Å². The average Bonchev–Trinajstić information content (AvgIpc) is 2.30. The van der Waals surface area contributed by atoms with Gasteiger partial charge >= 0.3 is 5.95 Å². The van der Waals surface area contributed by atoms with E-state index in [1.165, 1.54) is 4.98 Å². The first kappa shape index (κ1) is 11.6. The Bertz CT molecular complexity index is 629. The van der Waals surface area contributed by atoms with Crippen LogP contribution in [-0.4, -0.2) is 0 Å². The number of H-pyrrole nitrogens is 1. The SMILES string of the molecule is Fc1[nH+]c2c(F)c(F)c(F)c(F)c2c(F)c1F. The lowest BCUT2D eigenvalue weighted by atomic mass is 10.1. The molecule has 0 amide bonds. The van der Waals surface area contributed by atoms with Crippen molar-refractivity contribution in [3.05, 3.63) is 40.9 Å². The van der Waals surface area contributed by atoms with E-state index in [1.54, 1.807) is 0 Å². The molecule has 0 radical (unpaired) electrons. The molecule has 90 valence electrons. The van der Waals surface area contributed by atoms with Crippen LogP contribution in [-0.2, 0) is 0 Å². The highest BCUT2D eigenvalue weighted by molar-refractivity contribution is 5.77. The van der Waals surface area contributed by atoms with E-state index in [4.69, 9.17) is 0 Å².